The molecule has 3 aliphatic rings. The van der Waals surface area contributed by atoms with Gasteiger partial charge in [-0.2, -0.15) is 0 Å². The van der Waals surface area contributed by atoms with Crippen LogP contribution in [0.4, 0.5) is 11.4 Å². The number of nitrogens with one attached hydrogen (secondary N) is 1. The molecule has 10 heteroatoms. The Morgan fingerprint density at radius 1 is 0.293 bits per heavy atom. The van der Waals surface area contributed by atoms with Crippen molar-refractivity contribution in [2.24, 2.45) is 15.0 Å². The summed E-state index contributed by atoms with van der Waals surface area (Å²) in [5.74, 6) is 3.13. The van der Waals surface area contributed by atoms with Crippen LogP contribution >= 0.6 is 45.2 Å². The molecule has 466 valence electrons. The molecule has 0 saturated heterocycles. The fourth-order valence-corrected chi connectivity index (χ4v) is 13.2. The number of aromatic nitrogens is 2. The maximum absolute atomic E-state index is 5.28. The van der Waals surface area contributed by atoms with E-state index in [4.69, 9.17) is 20.0 Å². The summed E-state index contributed by atoms with van der Waals surface area (Å²) in [6.07, 6.45) is 0. The van der Waals surface area contributed by atoms with E-state index in [2.05, 4.69) is 387 Å². The van der Waals surface area contributed by atoms with Crippen LogP contribution in [0.2, 0.25) is 0 Å². The Bertz CT molecular complexity index is 4180. The van der Waals surface area contributed by atoms with E-state index in [-0.39, 0.29) is 33.2 Å². The van der Waals surface area contributed by atoms with Crippen molar-refractivity contribution in [3.63, 3.8) is 0 Å². The molecule has 0 fully saturated rings. The molecule has 1 N–H and O–H groups in total. The predicted octanol–water partition coefficient (Wildman–Crippen LogP) is 21.9. The summed E-state index contributed by atoms with van der Waals surface area (Å²) in [5.41, 5.74) is 19.5. The lowest BCUT2D eigenvalue weighted by Crippen LogP contribution is -2.52. The summed E-state index contributed by atoms with van der Waals surface area (Å²) in [5, 5.41) is 3.33. The molecule has 8 nitrogen and oxygen atoms in total. The number of hydrogen-bond acceptors (Lipinski definition) is 8. The summed E-state index contributed by atoms with van der Waals surface area (Å²) >= 11 is 4.68. The minimum atomic E-state index is -0.182. The molecule has 92 heavy (non-hydrogen) atoms. The summed E-state index contributed by atoms with van der Waals surface area (Å²) in [7, 11) is 0. The lowest BCUT2D eigenvalue weighted by molar-refractivity contribution is 0.309. The molecule has 0 saturated carbocycles. The molecular weight excluding hydrogens is 1350 g/mol. The van der Waals surface area contributed by atoms with Gasteiger partial charge in [0.15, 0.2) is 0 Å². The quantitative estimate of drug-likeness (QED) is 0.138. The Balaban J connectivity index is 0.000000175. The molecule has 0 unspecified atom stereocenters. The second-order valence-corrected chi connectivity index (χ2v) is 30.0. The highest BCUT2D eigenvalue weighted by molar-refractivity contribution is 14.1. The van der Waals surface area contributed by atoms with Crippen molar-refractivity contribution in [2.75, 3.05) is 9.80 Å². The fraction of sp³-hybridized carbons (Fsp3) is 0.256. The van der Waals surface area contributed by atoms with E-state index in [1.165, 1.54) is 40.5 Å². The van der Waals surface area contributed by atoms with Crippen LogP contribution in [0, 0.1) is 7.14 Å². The Labute approximate surface area is 573 Å². The fourth-order valence-electron chi connectivity index (χ4n) is 12.5. The van der Waals surface area contributed by atoms with Crippen molar-refractivity contribution in [3.05, 3.63) is 238 Å². The van der Waals surface area contributed by atoms with Crippen LogP contribution in [0.25, 0.3) is 89.5 Å². The Morgan fingerprint density at radius 2 is 0.554 bits per heavy atom. The van der Waals surface area contributed by atoms with Gasteiger partial charge in [-0.25, -0.2) is 9.97 Å². The van der Waals surface area contributed by atoms with Crippen molar-refractivity contribution < 1.29 is 0 Å². The Kier molecular flexibility index (Phi) is 18.3. The largest absolute Gasteiger partial charge is 0.367 e. The van der Waals surface area contributed by atoms with E-state index in [1.807, 2.05) is 13.0 Å². The van der Waals surface area contributed by atoms with Crippen molar-refractivity contribution in [3.8, 4) is 89.5 Å². The monoisotopic (exact) mass is 1430 g/mol. The number of halogens is 2. The molecule has 0 atom stereocenters. The van der Waals surface area contributed by atoms with Gasteiger partial charge in [-0.05, 0) is 266 Å². The Morgan fingerprint density at radius 3 is 0.793 bits per heavy atom. The van der Waals surface area contributed by atoms with Crippen LogP contribution in [0.3, 0.4) is 0 Å². The van der Waals surface area contributed by atoms with Gasteiger partial charge >= 0.3 is 0 Å². The van der Waals surface area contributed by atoms with Gasteiger partial charge in [0.05, 0.1) is 61.8 Å². The molecule has 2 aromatic heterocycles. The first-order chi connectivity index (χ1) is 43.6. The number of hydrogen-bond donors (Lipinski definition) is 1. The zero-order valence-electron chi connectivity index (χ0n) is 55.8. The first-order valence-corrected chi connectivity index (χ1v) is 33.9. The number of rotatable bonds is 10. The molecule has 0 aliphatic carbocycles. The molecule has 8 aromatic carbocycles. The third kappa shape index (κ3) is 13.6. The molecule has 13 rings (SSSR count). The third-order valence-electron chi connectivity index (χ3n) is 19.5. The second-order valence-electron chi connectivity index (χ2n) is 27.5. The highest BCUT2D eigenvalue weighted by atomic mass is 127. The van der Waals surface area contributed by atoms with Gasteiger partial charge in [0.1, 0.15) is 11.7 Å². The predicted molar refractivity (Wildman–Crippen MR) is 409 cm³/mol. The van der Waals surface area contributed by atoms with E-state index in [0.29, 0.717) is 0 Å². The number of benzene rings is 8. The summed E-state index contributed by atoms with van der Waals surface area (Å²) < 4.78 is 2.44. The van der Waals surface area contributed by atoms with E-state index in [9.17, 15) is 0 Å². The molecule has 0 bridgehead atoms. The van der Waals surface area contributed by atoms with Crippen molar-refractivity contribution >= 4 is 74.1 Å². The van der Waals surface area contributed by atoms with Gasteiger partial charge in [0.2, 0.25) is 0 Å². The molecule has 5 heterocycles. The molecule has 3 aliphatic heterocycles. The van der Waals surface area contributed by atoms with Gasteiger partial charge in [0, 0.05) is 40.8 Å². The van der Waals surface area contributed by atoms with Crippen LogP contribution in [-0.2, 0) is 0 Å². The highest BCUT2D eigenvalue weighted by Crippen LogP contribution is 2.44. The standard InChI is InChI=1S/C45H49N5.C29H19I2N.C8H16N2/c1-30-47-42(3,4)44(7,8)49(30)38-24-20-35(21-25-38)40-28-37(34-18-16-33(17-19-34)32-14-12-11-13-15-32)29-41(46-40)36-22-26-39(27-23-36)50-31(2)48-43(5,6)45(50,9)10;30-26-14-10-23(11-15-26)28-18-25(19-29(32-28)24-12-16-27(31)17-13-24)22-8-6-21(7-9-22)20-4-2-1-3-5-20;1-6-9-7(2,3)8(4,5)10-6/h11-29H,1-10H3;1-19H;1-5H3,(H,9,10). The number of aliphatic imine (C=N–C) groups is 3. The van der Waals surface area contributed by atoms with Crippen LogP contribution in [-0.4, -0.2) is 60.7 Å². The second kappa shape index (κ2) is 25.8. The summed E-state index contributed by atoms with van der Waals surface area (Å²) in [6.45, 7) is 32.8. The summed E-state index contributed by atoms with van der Waals surface area (Å²) in [4.78, 5) is 29.5. The van der Waals surface area contributed by atoms with Crippen molar-refractivity contribution in [1.29, 1.82) is 0 Å². The lowest BCUT2D eigenvalue weighted by Gasteiger charge is -2.41. The maximum atomic E-state index is 5.28. The zero-order chi connectivity index (χ0) is 65.5. The third-order valence-corrected chi connectivity index (χ3v) is 21.0. The van der Waals surface area contributed by atoms with Crippen LogP contribution < -0.4 is 15.1 Å². The van der Waals surface area contributed by atoms with E-state index >= 15 is 0 Å². The molecule has 10 aromatic rings. The molecule has 0 amide bonds. The maximum Gasteiger partial charge on any atom is 0.102 e. The minimum Gasteiger partial charge on any atom is -0.367 e. The first kappa shape index (κ1) is 65.4. The zero-order valence-corrected chi connectivity index (χ0v) is 60.1. The van der Waals surface area contributed by atoms with Crippen LogP contribution in [0.15, 0.2) is 245 Å². The van der Waals surface area contributed by atoms with Crippen LogP contribution in [0.5, 0.6) is 0 Å². The smallest absolute Gasteiger partial charge is 0.102 e. The molecular formula is C82H84I2N8. The topological polar surface area (TPSA) is 81.4 Å². The van der Waals surface area contributed by atoms with Gasteiger partial charge in [0.25, 0.3) is 0 Å². The number of pyridine rings is 2. The van der Waals surface area contributed by atoms with Crippen LogP contribution in [0.1, 0.15) is 104 Å². The van der Waals surface area contributed by atoms with E-state index in [1.54, 1.807) is 0 Å². The first-order valence-electron chi connectivity index (χ1n) is 31.8. The van der Waals surface area contributed by atoms with Gasteiger partial charge in [-0.15, -0.1) is 0 Å². The summed E-state index contributed by atoms with van der Waals surface area (Å²) in [6, 6.07) is 82.2. The SMILES string of the molecule is CC1=NC(C)(C)C(C)(C)N1.CC1=NC(C)(C)C(C)(C)N1c1ccc(-c2cc(-c3ccc(-c4ccccc4)cc3)cc(-c3ccc(N4C(C)=NC(C)(C)C4(C)C)cc3)n2)cc1.Ic1ccc(-c2cc(-c3ccc(-c4ccccc4)cc3)cc(-c3ccc(I)cc3)n2)cc1. The number of amidine groups is 3. The Hall–Kier alpha value is -8.07. The van der Waals surface area contributed by atoms with Crippen molar-refractivity contribution in [2.45, 2.75) is 137 Å². The van der Waals surface area contributed by atoms with Gasteiger partial charge < -0.3 is 15.1 Å². The average Bonchev–Trinajstić information content (AvgIpc) is 1.58. The van der Waals surface area contributed by atoms with Gasteiger partial charge in [-0.1, -0.05) is 158 Å². The van der Waals surface area contributed by atoms with Gasteiger partial charge in [-0.3, -0.25) is 15.0 Å². The van der Waals surface area contributed by atoms with E-state index in [0.717, 1.165) is 85.0 Å². The molecule has 0 spiro atoms. The molecule has 0 radical (unpaired) electrons. The average molecular weight is 1440 g/mol. The number of anilines is 2. The lowest BCUT2D eigenvalue weighted by atomic mass is 9.83. The number of nitrogens with zero attached hydrogens (tertiary/aromatic N) is 7. The van der Waals surface area contributed by atoms with Crippen molar-refractivity contribution in [1.82, 2.24) is 15.3 Å². The normalized spacial score (nSPS) is 16.9. The van der Waals surface area contributed by atoms with E-state index < -0.39 is 0 Å². The highest BCUT2D eigenvalue weighted by Gasteiger charge is 2.49. The minimum absolute atomic E-state index is 0.0388.